The van der Waals surface area contributed by atoms with Gasteiger partial charge in [0, 0.05) is 43.3 Å². The number of thiophene rings is 1. The number of rotatable bonds is 6. The van der Waals surface area contributed by atoms with Gasteiger partial charge >= 0.3 is 15.6 Å². The Labute approximate surface area is 271 Å². The largest absolute Gasteiger partial charge is 0.534 e. The highest BCUT2D eigenvalue weighted by Gasteiger charge is 2.49. The van der Waals surface area contributed by atoms with Crippen molar-refractivity contribution < 1.29 is 25.8 Å². The van der Waals surface area contributed by atoms with E-state index in [2.05, 4.69) is 9.47 Å². The molecule has 0 aliphatic rings. The van der Waals surface area contributed by atoms with Gasteiger partial charge in [0.2, 0.25) is 0 Å². The molecule has 0 atom stereocenters. The van der Waals surface area contributed by atoms with Crippen molar-refractivity contribution in [3.05, 3.63) is 140 Å². The Morgan fingerprint density at radius 2 is 1.17 bits per heavy atom. The number of halogens is 3. The van der Waals surface area contributed by atoms with Crippen LogP contribution in [0, 0.1) is 0 Å². The van der Waals surface area contributed by atoms with E-state index in [0.717, 1.165) is 49.0 Å². The Morgan fingerprint density at radius 1 is 0.617 bits per heavy atom. The molecule has 0 saturated heterocycles. The number of anilines is 3. The molecule has 0 aliphatic heterocycles. The van der Waals surface area contributed by atoms with E-state index in [0.29, 0.717) is 11.1 Å². The van der Waals surface area contributed by atoms with Gasteiger partial charge in [-0.15, -0.1) is 11.3 Å². The van der Waals surface area contributed by atoms with Gasteiger partial charge in [0.05, 0.1) is 21.4 Å². The van der Waals surface area contributed by atoms with Gasteiger partial charge in [-0.2, -0.15) is 21.6 Å². The molecule has 0 fully saturated rings. The number of para-hydroxylation sites is 4. The van der Waals surface area contributed by atoms with Crippen LogP contribution in [0.25, 0.3) is 47.7 Å². The standard InChI is InChI=1S/C37H23F3N2O3S2/c38-37(39,40)47(43,44)45-33-21-20-32(42-30-17-9-7-15-27(30)28-16-8-10-18-31(28)42)35-29-23-26(19-22-34(29)46-36(33)35)41(24-11-3-1-4-12-24)25-13-5-2-6-14-25/h1-23H. The second-order valence-electron chi connectivity index (χ2n) is 10.9. The summed E-state index contributed by atoms with van der Waals surface area (Å²) in [5.74, 6) is -0.382. The highest BCUT2D eigenvalue weighted by molar-refractivity contribution is 7.88. The number of benzene rings is 6. The molecule has 2 heterocycles. The summed E-state index contributed by atoms with van der Waals surface area (Å²) in [7, 11) is -5.92. The fraction of sp³-hybridized carbons (Fsp3) is 0.0270. The Kier molecular flexibility index (Phi) is 6.75. The molecule has 6 aromatic carbocycles. The Balaban J connectivity index is 1.46. The smallest absolute Gasteiger partial charge is 0.374 e. The summed E-state index contributed by atoms with van der Waals surface area (Å²) in [6, 6.07) is 44.3. The number of hydrogen-bond donors (Lipinski definition) is 0. The van der Waals surface area contributed by atoms with Crippen molar-refractivity contribution in [3.63, 3.8) is 0 Å². The first-order valence-electron chi connectivity index (χ1n) is 14.6. The molecule has 0 bridgehead atoms. The number of hydrogen-bond acceptors (Lipinski definition) is 5. The van der Waals surface area contributed by atoms with E-state index in [-0.39, 0.29) is 10.4 Å². The van der Waals surface area contributed by atoms with Gasteiger partial charge in [-0.3, -0.25) is 0 Å². The minimum absolute atomic E-state index is 0.287. The van der Waals surface area contributed by atoms with Crippen molar-refractivity contribution in [2.45, 2.75) is 5.51 Å². The number of alkyl halides is 3. The first-order chi connectivity index (χ1) is 22.7. The normalized spacial score (nSPS) is 12.3. The lowest BCUT2D eigenvalue weighted by Crippen LogP contribution is -2.28. The second-order valence-corrected chi connectivity index (χ2v) is 13.5. The van der Waals surface area contributed by atoms with Crippen LogP contribution < -0.4 is 9.08 Å². The number of fused-ring (bicyclic) bond motifs is 6. The van der Waals surface area contributed by atoms with Gasteiger partial charge in [0.1, 0.15) is 0 Å². The molecular formula is C37H23F3N2O3S2. The monoisotopic (exact) mass is 664 g/mol. The predicted molar refractivity (Wildman–Crippen MR) is 184 cm³/mol. The third-order valence-electron chi connectivity index (χ3n) is 8.14. The van der Waals surface area contributed by atoms with E-state index in [1.165, 1.54) is 17.4 Å². The predicted octanol–water partition coefficient (Wildman–Crippen LogP) is 10.8. The molecule has 0 radical (unpaired) electrons. The summed E-state index contributed by atoms with van der Waals surface area (Å²) in [5, 5.41) is 3.34. The van der Waals surface area contributed by atoms with Crippen molar-refractivity contribution in [1.29, 1.82) is 0 Å². The van der Waals surface area contributed by atoms with Crippen LogP contribution in [0.3, 0.4) is 0 Å². The molecule has 0 N–H and O–H groups in total. The summed E-state index contributed by atoms with van der Waals surface area (Å²) >= 11 is 1.19. The third kappa shape index (κ3) is 4.79. The van der Waals surface area contributed by atoms with Crippen molar-refractivity contribution in [2.75, 3.05) is 4.90 Å². The Hall–Kier alpha value is -5.32. The minimum Gasteiger partial charge on any atom is -0.374 e. The molecular weight excluding hydrogens is 642 g/mol. The summed E-state index contributed by atoms with van der Waals surface area (Å²) in [4.78, 5) is 2.09. The first kappa shape index (κ1) is 29.1. The van der Waals surface area contributed by atoms with Crippen molar-refractivity contribution in [2.24, 2.45) is 0 Å². The SMILES string of the molecule is O=S(=O)(Oc1ccc(-n2c3ccccc3c3ccccc32)c2c1sc1ccc(N(c3ccccc3)c3ccccc3)cc12)C(F)(F)F. The van der Waals surface area contributed by atoms with E-state index in [9.17, 15) is 21.6 Å². The average Bonchev–Trinajstić information content (AvgIpc) is 3.62. The van der Waals surface area contributed by atoms with Crippen LogP contribution in [0.4, 0.5) is 30.2 Å². The number of nitrogens with zero attached hydrogens (tertiary/aromatic N) is 2. The molecule has 0 unspecified atom stereocenters. The molecule has 8 aromatic rings. The maximum Gasteiger partial charge on any atom is 0.534 e. The highest BCUT2D eigenvalue weighted by atomic mass is 32.2. The van der Waals surface area contributed by atoms with Gasteiger partial charge < -0.3 is 13.7 Å². The lowest BCUT2D eigenvalue weighted by molar-refractivity contribution is -0.0499. The van der Waals surface area contributed by atoms with Crippen LogP contribution in [0.1, 0.15) is 0 Å². The van der Waals surface area contributed by atoms with Crippen LogP contribution in [0.15, 0.2) is 140 Å². The van der Waals surface area contributed by atoms with Gasteiger partial charge in [0.15, 0.2) is 5.75 Å². The van der Waals surface area contributed by atoms with Crippen LogP contribution in [-0.4, -0.2) is 18.5 Å². The average molecular weight is 665 g/mol. The topological polar surface area (TPSA) is 51.5 Å². The molecule has 5 nitrogen and oxygen atoms in total. The molecule has 232 valence electrons. The Morgan fingerprint density at radius 3 is 1.74 bits per heavy atom. The molecule has 10 heteroatoms. The van der Waals surface area contributed by atoms with E-state index < -0.39 is 15.6 Å². The molecule has 0 aliphatic carbocycles. The van der Waals surface area contributed by atoms with Gasteiger partial charge in [0.25, 0.3) is 0 Å². The number of aromatic nitrogens is 1. The zero-order valence-electron chi connectivity index (χ0n) is 24.3. The van der Waals surface area contributed by atoms with Crippen LogP contribution in [-0.2, 0) is 10.1 Å². The van der Waals surface area contributed by atoms with Gasteiger partial charge in [-0.25, -0.2) is 0 Å². The van der Waals surface area contributed by atoms with E-state index >= 15 is 0 Å². The maximum absolute atomic E-state index is 13.5. The van der Waals surface area contributed by atoms with Crippen LogP contribution >= 0.6 is 11.3 Å². The fourth-order valence-corrected chi connectivity index (χ4v) is 7.84. The quantitative estimate of drug-likeness (QED) is 0.131. The van der Waals surface area contributed by atoms with Crippen molar-refractivity contribution in [3.8, 4) is 11.4 Å². The van der Waals surface area contributed by atoms with Crippen molar-refractivity contribution in [1.82, 2.24) is 4.57 Å². The maximum atomic E-state index is 13.5. The van der Waals surface area contributed by atoms with Crippen molar-refractivity contribution >= 4 is 80.5 Å². The van der Waals surface area contributed by atoms with Gasteiger partial charge in [-0.05, 0) is 66.7 Å². The molecule has 8 rings (SSSR count). The summed E-state index contributed by atoms with van der Waals surface area (Å²) in [5.41, 5.74) is -0.448. The highest BCUT2D eigenvalue weighted by Crippen LogP contribution is 2.47. The van der Waals surface area contributed by atoms with Crippen LogP contribution in [0.5, 0.6) is 5.75 Å². The molecule has 0 amide bonds. The Bertz CT molecular complexity index is 2470. The fourth-order valence-electron chi connectivity index (χ4n) is 6.17. The summed E-state index contributed by atoms with van der Waals surface area (Å²) in [6.45, 7) is 0. The first-order valence-corrected chi connectivity index (χ1v) is 16.8. The zero-order chi connectivity index (χ0) is 32.3. The zero-order valence-corrected chi connectivity index (χ0v) is 26.0. The second kappa shape index (κ2) is 10.9. The molecule has 0 saturated carbocycles. The van der Waals surface area contributed by atoms with Crippen LogP contribution in [0.2, 0.25) is 0 Å². The molecule has 2 aromatic heterocycles. The third-order valence-corrected chi connectivity index (χ3v) is 10.3. The molecule has 0 spiro atoms. The minimum atomic E-state index is -5.92. The van der Waals surface area contributed by atoms with E-state index in [1.807, 2.05) is 127 Å². The summed E-state index contributed by atoms with van der Waals surface area (Å²) < 4.78 is 73.0. The molecule has 47 heavy (non-hydrogen) atoms. The lowest BCUT2D eigenvalue weighted by Gasteiger charge is -2.25. The van der Waals surface area contributed by atoms with Gasteiger partial charge in [-0.1, -0.05) is 72.8 Å². The lowest BCUT2D eigenvalue weighted by atomic mass is 10.1. The van der Waals surface area contributed by atoms with E-state index in [1.54, 1.807) is 6.07 Å². The van der Waals surface area contributed by atoms with E-state index in [4.69, 9.17) is 4.18 Å². The summed E-state index contributed by atoms with van der Waals surface area (Å²) in [6.07, 6.45) is 0.